The van der Waals surface area contributed by atoms with Gasteiger partial charge in [0, 0.05) is 31.1 Å². The van der Waals surface area contributed by atoms with E-state index in [4.69, 9.17) is 5.73 Å². The molecular formula is C18H20N6O2. The third-order valence-electron chi connectivity index (χ3n) is 4.80. The standard InChI is InChI=1S/C18H20N6O2/c1-12-11-22(18(25)26)6-7-23(12)13-8-14(10-20-9-13)24-16-5-3-2-4-15(16)17(19)21-24/h2-5,8-10,12H,6-7,11H2,1H3,(H2,19,21)(H,25,26)/t12-/m0/s1. The Hall–Kier alpha value is -3.29. The Balaban J connectivity index is 1.68. The number of hydrogen-bond donors (Lipinski definition) is 2. The van der Waals surface area contributed by atoms with Gasteiger partial charge in [-0.25, -0.2) is 9.48 Å². The highest BCUT2D eigenvalue weighted by Gasteiger charge is 2.27. The first-order chi connectivity index (χ1) is 12.5. The van der Waals surface area contributed by atoms with Crippen molar-refractivity contribution in [3.63, 3.8) is 0 Å². The minimum Gasteiger partial charge on any atom is -0.465 e. The first kappa shape index (κ1) is 16.2. The molecule has 1 aliphatic heterocycles. The molecule has 0 aliphatic carbocycles. The number of nitrogen functional groups attached to an aromatic ring is 1. The summed E-state index contributed by atoms with van der Waals surface area (Å²) < 4.78 is 1.79. The summed E-state index contributed by atoms with van der Waals surface area (Å²) in [5.41, 5.74) is 8.73. The lowest BCUT2D eigenvalue weighted by Gasteiger charge is -2.40. The lowest BCUT2D eigenvalue weighted by atomic mass is 10.1. The van der Waals surface area contributed by atoms with Crippen LogP contribution in [0.4, 0.5) is 16.3 Å². The van der Waals surface area contributed by atoms with E-state index in [1.165, 1.54) is 4.90 Å². The number of fused-ring (bicyclic) bond motifs is 1. The molecule has 8 nitrogen and oxygen atoms in total. The molecule has 26 heavy (non-hydrogen) atoms. The van der Waals surface area contributed by atoms with E-state index >= 15 is 0 Å². The number of hydrogen-bond acceptors (Lipinski definition) is 5. The van der Waals surface area contributed by atoms with E-state index in [9.17, 15) is 9.90 Å². The van der Waals surface area contributed by atoms with Crippen molar-refractivity contribution in [1.82, 2.24) is 19.7 Å². The molecule has 134 valence electrons. The summed E-state index contributed by atoms with van der Waals surface area (Å²) in [6, 6.07) is 9.88. The Kier molecular flexibility index (Phi) is 3.87. The van der Waals surface area contributed by atoms with E-state index in [0.29, 0.717) is 25.5 Å². The van der Waals surface area contributed by atoms with Gasteiger partial charge in [-0.05, 0) is 25.1 Å². The molecule has 0 saturated carbocycles. The molecule has 3 aromatic rings. The molecule has 8 heteroatoms. The molecule has 0 radical (unpaired) electrons. The number of rotatable bonds is 2. The van der Waals surface area contributed by atoms with Crippen molar-refractivity contribution in [2.75, 3.05) is 30.3 Å². The highest BCUT2D eigenvalue weighted by molar-refractivity contribution is 5.90. The van der Waals surface area contributed by atoms with Crippen LogP contribution in [0, 0.1) is 0 Å². The molecule has 1 aromatic carbocycles. The van der Waals surface area contributed by atoms with E-state index in [0.717, 1.165) is 22.3 Å². The number of nitrogens with zero attached hydrogens (tertiary/aromatic N) is 5. The number of amides is 1. The highest BCUT2D eigenvalue weighted by Crippen LogP contribution is 2.26. The van der Waals surface area contributed by atoms with Crippen LogP contribution in [0.5, 0.6) is 0 Å². The van der Waals surface area contributed by atoms with E-state index in [1.54, 1.807) is 17.1 Å². The molecule has 4 rings (SSSR count). The Morgan fingerprint density at radius 3 is 2.77 bits per heavy atom. The van der Waals surface area contributed by atoms with Gasteiger partial charge in [0.2, 0.25) is 0 Å². The second-order valence-corrected chi connectivity index (χ2v) is 6.49. The molecular weight excluding hydrogens is 332 g/mol. The molecule has 3 N–H and O–H groups in total. The van der Waals surface area contributed by atoms with Gasteiger partial charge in [0.25, 0.3) is 0 Å². The molecule has 0 bridgehead atoms. The summed E-state index contributed by atoms with van der Waals surface area (Å²) >= 11 is 0. The zero-order chi connectivity index (χ0) is 18.3. The number of carbonyl (C=O) groups is 1. The van der Waals surface area contributed by atoms with Crippen molar-refractivity contribution >= 4 is 28.5 Å². The lowest BCUT2D eigenvalue weighted by molar-refractivity contribution is 0.136. The second-order valence-electron chi connectivity index (χ2n) is 6.49. The third-order valence-corrected chi connectivity index (χ3v) is 4.80. The number of aromatic nitrogens is 3. The Morgan fingerprint density at radius 2 is 2.00 bits per heavy atom. The number of pyridine rings is 1. The molecule has 1 amide bonds. The molecule has 1 atom stereocenters. The van der Waals surface area contributed by atoms with E-state index < -0.39 is 6.09 Å². The van der Waals surface area contributed by atoms with Gasteiger partial charge in [-0.1, -0.05) is 12.1 Å². The van der Waals surface area contributed by atoms with Gasteiger partial charge in [-0.2, -0.15) is 0 Å². The fourth-order valence-electron chi connectivity index (χ4n) is 3.49. The van der Waals surface area contributed by atoms with Crippen molar-refractivity contribution in [2.24, 2.45) is 0 Å². The van der Waals surface area contributed by atoms with Gasteiger partial charge >= 0.3 is 6.09 Å². The van der Waals surface area contributed by atoms with Gasteiger partial charge in [0.15, 0.2) is 5.82 Å². The van der Waals surface area contributed by atoms with Crippen molar-refractivity contribution < 1.29 is 9.90 Å². The summed E-state index contributed by atoms with van der Waals surface area (Å²) in [6.45, 7) is 3.59. The number of para-hydroxylation sites is 1. The molecule has 1 saturated heterocycles. The molecule has 1 aliphatic rings. The number of anilines is 2. The molecule has 1 fully saturated rings. The predicted octanol–water partition coefficient (Wildman–Crippen LogP) is 2.19. The summed E-state index contributed by atoms with van der Waals surface area (Å²) in [7, 11) is 0. The van der Waals surface area contributed by atoms with Crippen LogP contribution in [0.3, 0.4) is 0 Å². The number of benzene rings is 1. The molecule has 0 unspecified atom stereocenters. The second kappa shape index (κ2) is 6.21. The van der Waals surface area contributed by atoms with Gasteiger partial charge in [0.1, 0.15) is 0 Å². The maximum absolute atomic E-state index is 11.2. The average Bonchev–Trinajstić information content (AvgIpc) is 2.99. The fraction of sp³-hybridized carbons (Fsp3) is 0.278. The van der Waals surface area contributed by atoms with Crippen LogP contribution in [0.1, 0.15) is 6.92 Å². The van der Waals surface area contributed by atoms with Crippen molar-refractivity contribution in [1.29, 1.82) is 0 Å². The quantitative estimate of drug-likeness (QED) is 0.733. The third kappa shape index (κ3) is 2.69. The monoisotopic (exact) mass is 352 g/mol. The smallest absolute Gasteiger partial charge is 0.407 e. The van der Waals surface area contributed by atoms with Crippen LogP contribution in [-0.4, -0.2) is 56.5 Å². The average molecular weight is 352 g/mol. The topological polar surface area (TPSA) is 101 Å². The van der Waals surface area contributed by atoms with Gasteiger partial charge in [-0.15, -0.1) is 5.10 Å². The first-order valence-corrected chi connectivity index (χ1v) is 8.48. The number of nitrogens with two attached hydrogens (primary N) is 1. The maximum atomic E-state index is 11.2. The fourth-order valence-corrected chi connectivity index (χ4v) is 3.49. The first-order valence-electron chi connectivity index (χ1n) is 8.48. The number of piperazine rings is 1. The Bertz CT molecular complexity index is 969. The Morgan fingerprint density at radius 1 is 1.23 bits per heavy atom. The van der Waals surface area contributed by atoms with E-state index in [1.807, 2.05) is 37.3 Å². The van der Waals surface area contributed by atoms with Crippen molar-refractivity contribution in [2.45, 2.75) is 13.0 Å². The number of carboxylic acid groups (broad SMARTS) is 1. The van der Waals surface area contributed by atoms with Crippen molar-refractivity contribution in [3.05, 3.63) is 42.7 Å². The van der Waals surface area contributed by atoms with Gasteiger partial charge in [0.05, 0.1) is 29.3 Å². The predicted molar refractivity (Wildman–Crippen MR) is 99.7 cm³/mol. The van der Waals surface area contributed by atoms with Crippen LogP contribution in [0.25, 0.3) is 16.6 Å². The molecule has 3 heterocycles. The minimum atomic E-state index is -0.873. The van der Waals surface area contributed by atoms with Gasteiger partial charge < -0.3 is 20.6 Å². The van der Waals surface area contributed by atoms with E-state index in [2.05, 4.69) is 15.0 Å². The van der Waals surface area contributed by atoms with Crippen LogP contribution in [0.15, 0.2) is 42.7 Å². The van der Waals surface area contributed by atoms with Crippen LogP contribution < -0.4 is 10.6 Å². The largest absolute Gasteiger partial charge is 0.465 e. The van der Waals surface area contributed by atoms with Crippen LogP contribution >= 0.6 is 0 Å². The van der Waals surface area contributed by atoms with Gasteiger partial charge in [-0.3, -0.25) is 4.98 Å². The lowest BCUT2D eigenvalue weighted by Crippen LogP contribution is -2.53. The van der Waals surface area contributed by atoms with Crippen LogP contribution in [0.2, 0.25) is 0 Å². The normalized spacial score (nSPS) is 17.7. The minimum absolute atomic E-state index is 0.0661. The molecule has 0 spiro atoms. The Labute approximate surface area is 150 Å². The summed E-state index contributed by atoms with van der Waals surface area (Å²) in [5.74, 6) is 0.481. The summed E-state index contributed by atoms with van der Waals surface area (Å²) in [6.07, 6.45) is 2.67. The highest BCUT2D eigenvalue weighted by atomic mass is 16.4. The van der Waals surface area contributed by atoms with E-state index in [-0.39, 0.29) is 6.04 Å². The zero-order valence-corrected chi connectivity index (χ0v) is 14.4. The summed E-state index contributed by atoms with van der Waals surface area (Å²) in [4.78, 5) is 19.2. The molecule has 2 aromatic heterocycles. The zero-order valence-electron chi connectivity index (χ0n) is 14.4. The van der Waals surface area contributed by atoms with Crippen molar-refractivity contribution in [3.8, 4) is 5.69 Å². The van der Waals surface area contributed by atoms with Crippen LogP contribution in [-0.2, 0) is 0 Å². The maximum Gasteiger partial charge on any atom is 0.407 e. The SMILES string of the molecule is C[C@H]1CN(C(=O)O)CCN1c1cncc(-n2nc(N)c3ccccc32)c1. The summed E-state index contributed by atoms with van der Waals surface area (Å²) in [5, 5.41) is 14.5.